The molecule has 4 atom stereocenters. The number of hydrogen-bond donors (Lipinski definition) is 1. The maximum Gasteiger partial charge on any atom is 0.157 e. The van der Waals surface area contributed by atoms with Crippen molar-refractivity contribution in [3.05, 3.63) is 0 Å². The Morgan fingerprint density at radius 2 is 1.90 bits per heavy atom. The summed E-state index contributed by atoms with van der Waals surface area (Å²) >= 11 is 0. The van der Waals surface area contributed by atoms with Crippen LogP contribution in [0.4, 0.5) is 0 Å². The van der Waals surface area contributed by atoms with E-state index in [0.29, 0.717) is 11.8 Å². The van der Waals surface area contributed by atoms with Gasteiger partial charge in [0.05, 0.1) is 6.10 Å². The molecule has 2 unspecified atom stereocenters. The molecule has 0 bridgehead atoms. The first kappa shape index (κ1) is 8.02. The predicted octanol–water partition coefficient (Wildman–Crippen LogP) is 1.39. The largest absolute Gasteiger partial charge is 0.368 e. The molecule has 1 rings (SSSR count). The van der Waals surface area contributed by atoms with Crippen molar-refractivity contribution in [2.24, 2.45) is 11.8 Å². The van der Waals surface area contributed by atoms with Gasteiger partial charge in [0, 0.05) is 5.92 Å². The summed E-state index contributed by atoms with van der Waals surface area (Å²) in [6.07, 6.45) is 0.743. The lowest BCUT2D eigenvalue weighted by Crippen LogP contribution is -2.15. The van der Waals surface area contributed by atoms with Crippen molar-refractivity contribution in [1.29, 1.82) is 0 Å². The molecule has 1 heterocycles. The van der Waals surface area contributed by atoms with E-state index in [1.165, 1.54) is 0 Å². The molecular weight excluding hydrogens is 128 g/mol. The first-order valence-electron chi connectivity index (χ1n) is 4.00. The zero-order chi connectivity index (χ0) is 7.72. The van der Waals surface area contributed by atoms with Gasteiger partial charge < -0.3 is 9.84 Å². The zero-order valence-electron chi connectivity index (χ0n) is 6.87. The number of hydrogen-bond acceptors (Lipinski definition) is 2. The third kappa shape index (κ3) is 1.18. The molecule has 0 aromatic carbocycles. The van der Waals surface area contributed by atoms with Crippen LogP contribution in [0.5, 0.6) is 0 Å². The van der Waals surface area contributed by atoms with Crippen molar-refractivity contribution in [1.82, 2.24) is 0 Å². The van der Waals surface area contributed by atoms with Gasteiger partial charge in [0.15, 0.2) is 6.29 Å². The highest BCUT2D eigenvalue weighted by Crippen LogP contribution is 2.31. The first-order valence-corrected chi connectivity index (χ1v) is 4.00. The van der Waals surface area contributed by atoms with Gasteiger partial charge in [0.2, 0.25) is 0 Å². The number of aliphatic hydroxyl groups excluding tert-OH is 1. The van der Waals surface area contributed by atoms with E-state index in [4.69, 9.17) is 4.74 Å². The van der Waals surface area contributed by atoms with Gasteiger partial charge >= 0.3 is 0 Å². The minimum absolute atomic E-state index is 0.269. The molecule has 2 nitrogen and oxygen atoms in total. The molecule has 1 aliphatic heterocycles. The Morgan fingerprint density at radius 3 is 2.10 bits per heavy atom. The lowest BCUT2D eigenvalue weighted by Gasteiger charge is -2.12. The average Bonchev–Trinajstić information content (AvgIpc) is 2.17. The van der Waals surface area contributed by atoms with Crippen LogP contribution in [0.1, 0.15) is 27.2 Å². The van der Waals surface area contributed by atoms with Crippen LogP contribution in [-0.2, 0) is 4.74 Å². The van der Waals surface area contributed by atoms with Crippen LogP contribution >= 0.6 is 0 Å². The van der Waals surface area contributed by atoms with Gasteiger partial charge in [-0.25, -0.2) is 0 Å². The van der Waals surface area contributed by atoms with Gasteiger partial charge in [-0.05, 0) is 12.3 Å². The van der Waals surface area contributed by atoms with E-state index < -0.39 is 6.29 Å². The highest BCUT2D eigenvalue weighted by atomic mass is 16.6. The summed E-state index contributed by atoms with van der Waals surface area (Å²) in [5.41, 5.74) is 0. The van der Waals surface area contributed by atoms with Gasteiger partial charge in [-0.1, -0.05) is 20.8 Å². The third-order valence-electron chi connectivity index (χ3n) is 2.58. The zero-order valence-corrected chi connectivity index (χ0v) is 6.87. The Kier molecular flexibility index (Phi) is 2.32. The molecule has 60 valence electrons. The highest BCUT2D eigenvalue weighted by molar-refractivity contribution is 4.79. The van der Waals surface area contributed by atoms with Crippen LogP contribution in [0.3, 0.4) is 0 Å². The van der Waals surface area contributed by atoms with Crippen LogP contribution in [0.15, 0.2) is 0 Å². The third-order valence-corrected chi connectivity index (χ3v) is 2.58. The number of rotatable bonds is 1. The summed E-state index contributed by atoms with van der Waals surface area (Å²) < 4.78 is 5.29. The van der Waals surface area contributed by atoms with Gasteiger partial charge in [-0.2, -0.15) is 0 Å². The van der Waals surface area contributed by atoms with Crippen molar-refractivity contribution in [2.45, 2.75) is 39.6 Å². The molecule has 1 fully saturated rings. The quantitative estimate of drug-likeness (QED) is 0.602. The molecule has 2 heteroatoms. The van der Waals surface area contributed by atoms with E-state index in [1.54, 1.807) is 0 Å². The summed E-state index contributed by atoms with van der Waals surface area (Å²) in [5.74, 6) is 0.796. The van der Waals surface area contributed by atoms with Crippen molar-refractivity contribution in [3.63, 3.8) is 0 Å². The van der Waals surface area contributed by atoms with Crippen molar-refractivity contribution < 1.29 is 9.84 Å². The van der Waals surface area contributed by atoms with Gasteiger partial charge in [0.1, 0.15) is 0 Å². The van der Waals surface area contributed by atoms with Crippen LogP contribution < -0.4 is 0 Å². The minimum Gasteiger partial charge on any atom is -0.368 e. The molecule has 0 amide bonds. The van der Waals surface area contributed by atoms with Crippen LogP contribution in [0.2, 0.25) is 0 Å². The predicted molar refractivity (Wildman–Crippen MR) is 39.5 cm³/mol. The smallest absolute Gasteiger partial charge is 0.157 e. The SMILES string of the molecule is CC[C@H]1O[C@@H](O)C(C)C1C. The van der Waals surface area contributed by atoms with Gasteiger partial charge in [0.25, 0.3) is 0 Å². The standard InChI is InChI=1S/C8H16O2/c1-4-7-5(2)6(3)8(9)10-7/h5-9H,4H2,1-3H3/t5?,6?,7-,8-/m1/s1. The second kappa shape index (κ2) is 2.89. The van der Waals surface area contributed by atoms with E-state index in [0.717, 1.165) is 6.42 Å². The van der Waals surface area contributed by atoms with Gasteiger partial charge in [-0.3, -0.25) is 0 Å². The molecule has 1 saturated heterocycles. The van der Waals surface area contributed by atoms with Crippen molar-refractivity contribution in [2.75, 3.05) is 0 Å². The second-order valence-corrected chi connectivity index (χ2v) is 3.19. The summed E-state index contributed by atoms with van der Waals surface area (Å²) in [7, 11) is 0. The van der Waals surface area contributed by atoms with E-state index in [1.807, 2.05) is 6.92 Å². The van der Waals surface area contributed by atoms with Crippen LogP contribution in [0.25, 0.3) is 0 Å². The van der Waals surface area contributed by atoms with Gasteiger partial charge in [-0.15, -0.1) is 0 Å². The van der Waals surface area contributed by atoms with E-state index in [-0.39, 0.29) is 6.10 Å². The molecule has 0 radical (unpaired) electrons. The summed E-state index contributed by atoms with van der Waals surface area (Å²) in [6, 6.07) is 0. The Bertz CT molecular complexity index is 114. The number of ether oxygens (including phenoxy) is 1. The highest BCUT2D eigenvalue weighted by Gasteiger charge is 2.36. The van der Waals surface area contributed by atoms with E-state index in [9.17, 15) is 5.11 Å². The maximum atomic E-state index is 9.25. The lowest BCUT2D eigenvalue weighted by atomic mass is 9.92. The monoisotopic (exact) mass is 144 g/mol. The molecule has 0 spiro atoms. The first-order chi connectivity index (χ1) is 4.66. The average molecular weight is 144 g/mol. The molecule has 1 aliphatic rings. The Morgan fingerprint density at radius 1 is 1.30 bits per heavy atom. The molecule has 10 heavy (non-hydrogen) atoms. The van der Waals surface area contributed by atoms with E-state index in [2.05, 4.69) is 13.8 Å². The summed E-state index contributed by atoms with van der Waals surface area (Å²) in [4.78, 5) is 0. The molecule has 0 aromatic heterocycles. The molecule has 1 N–H and O–H groups in total. The number of aliphatic hydroxyl groups is 1. The molecule has 0 saturated carbocycles. The fraction of sp³-hybridized carbons (Fsp3) is 1.00. The summed E-state index contributed by atoms with van der Waals surface area (Å²) in [6.45, 7) is 6.26. The summed E-state index contributed by atoms with van der Waals surface area (Å²) in [5, 5.41) is 9.25. The fourth-order valence-corrected chi connectivity index (χ4v) is 1.49. The Hall–Kier alpha value is -0.0800. The minimum atomic E-state index is -0.528. The van der Waals surface area contributed by atoms with E-state index >= 15 is 0 Å². The lowest BCUT2D eigenvalue weighted by molar-refractivity contribution is -0.106. The normalized spacial score (nSPS) is 48.0. The fourth-order valence-electron chi connectivity index (χ4n) is 1.49. The maximum absolute atomic E-state index is 9.25. The van der Waals surface area contributed by atoms with Crippen molar-refractivity contribution in [3.8, 4) is 0 Å². The Labute approximate surface area is 62.2 Å². The van der Waals surface area contributed by atoms with Crippen LogP contribution in [-0.4, -0.2) is 17.5 Å². The molecular formula is C8H16O2. The molecule has 0 aliphatic carbocycles. The Balaban J connectivity index is 2.53. The molecule has 0 aromatic rings. The second-order valence-electron chi connectivity index (χ2n) is 3.19. The topological polar surface area (TPSA) is 29.5 Å². The van der Waals surface area contributed by atoms with Crippen LogP contribution in [0, 0.1) is 11.8 Å². The van der Waals surface area contributed by atoms with Crippen molar-refractivity contribution >= 4 is 0 Å².